The molecule has 1 heterocycles. The van der Waals surface area contributed by atoms with E-state index in [1.54, 1.807) is 36.4 Å². The average molecular weight is 351 g/mol. The zero-order chi connectivity index (χ0) is 17.3. The quantitative estimate of drug-likeness (QED) is 0.709. The van der Waals surface area contributed by atoms with Crippen LogP contribution in [0.25, 0.3) is 11.0 Å². The van der Waals surface area contributed by atoms with E-state index in [-0.39, 0.29) is 22.8 Å². The summed E-state index contributed by atoms with van der Waals surface area (Å²) < 4.78 is 53.7. The van der Waals surface area contributed by atoms with Crippen LogP contribution in [-0.2, 0) is 16.6 Å². The molecular formula is C16H15F2N3O2S. The lowest BCUT2D eigenvalue weighted by atomic mass is 10.3. The van der Waals surface area contributed by atoms with E-state index in [0.717, 1.165) is 8.87 Å². The molecule has 5 nitrogen and oxygen atoms in total. The van der Waals surface area contributed by atoms with Crippen molar-refractivity contribution in [2.75, 3.05) is 7.05 Å². The predicted molar refractivity (Wildman–Crippen MR) is 86.1 cm³/mol. The Labute approximate surface area is 138 Å². The van der Waals surface area contributed by atoms with Crippen LogP contribution in [0.15, 0.2) is 59.5 Å². The number of para-hydroxylation sites is 2. The fraction of sp³-hybridized carbons (Fsp3) is 0.188. The lowest BCUT2D eigenvalue weighted by molar-refractivity contribution is 0.0703. The summed E-state index contributed by atoms with van der Waals surface area (Å²) in [6.45, 7) is -3.06. The Morgan fingerprint density at radius 2 is 1.71 bits per heavy atom. The number of fused-ring (bicyclic) bond motifs is 1. The minimum atomic E-state index is -3.78. The number of imidazole rings is 1. The van der Waals surface area contributed by atoms with Crippen LogP contribution in [0, 0.1) is 0 Å². The van der Waals surface area contributed by atoms with Crippen molar-refractivity contribution < 1.29 is 17.2 Å². The molecule has 0 unspecified atom stereocenters. The number of sulfonamides is 1. The molecule has 0 spiro atoms. The Morgan fingerprint density at radius 1 is 1.08 bits per heavy atom. The molecule has 3 rings (SSSR count). The summed E-state index contributed by atoms with van der Waals surface area (Å²) in [5.74, 6) is -0.00629. The second-order valence-corrected chi connectivity index (χ2v) is 7.28. The minimum absolute atomic E-state index is 0.00629. The van der Waals surface area contributed by atoms with Gasteiger partial charge in [-0.2, -0.15) is 13.1 Å². The summed E-state index contributed by atoms with van der Waals surface area (Å²) >= 11 is 0. The first-order valence-electron chi connectivity index (χ1n) is 7.16. The smallest absolute Gasteiger partial charge is 0.269 e. The van der Waals surface area contributed by atoms with Crippen LogP contribution < -0.4 is 0 Å². The highest BCUT2D eigenvalue weighted by Gasteiger charge is 2.25. The molecule has 0 aliphatic rings. The first kappa shape index (κ1) is 16.5. The maximum Gasteiger partial charge on any atom is 0.320 e. The fourth-order valence-electron chi connectivity index (χ4n) is 2.48. The van der Waals surface area contributed by atoms with Gasteiger partial charge in [-0.1, -0.05) is 30.3 Å². The maximum absolute atomic E-state index is 13.4. The van der Waals surface area contributed by atoms with Crippen LogP contribution in [0.4, 0.5) is 8.78 Å². The molecule has 0 atom stereocenters. The number of alkyl halides is 2. The Kier molecular flexibility index (Phi) is 4.33. The van der Waals surface area contributed by atoms with Crippen LogP contribution in [-0.4, -0.2) is 29.3 Å². The van der Waals surface area contributed by atoms with Crippen molar-refractivity contribution in [3.63, 3.8) is 0 Å². The van der Waals surface area contributed by atoms with Crippen molar-refractivity contribution >= 4 is 21.1 Å². The summed E-state index contributed by atoms with van der Waals surface area (Å²) in [6, 6.07) is 14.3. The molecule has 0 radical (unpaired) electrons. The molecule has 0 saturated heterocycles. The van der Waals surface area contributed by atoms with Gasteiger partial charge < -0.3 is 0 Å². The number of rotatable bonds is 5. The second kappa shape index (κ2) is 6.29. The van der Waals surface area contributed by atoms with Crippen molar-refractivity contribution in [3.8, 4) is 0 Å². The highest BCUT2D eigenvalue weighted by molar-refractivity contribution is 7.89. The van der Waals surface area contributed by atoms with Gasteiger partial charge in [-0.15, -0.1) is 0 Å². The summed E-state index contributed by atoms with van der Waals surface area (Å²) in [7, 11) is -2.44. The largest absolute Gasteiger partial charge is 0.320 e. The van der Waals surface area contributed by atoms with Gasteiger partial charge in [-0.05, 0) is 24.3 Å². The normalized spacial score (nSPS) is 12.4. The summed E-state index contributed by atoms with van der Waals surface area (Å²) in [4.78, 5) is 4.26. The first-order chi connectivity index (χ1) is 11.4. The highest BCUT2D eigenvalue weighted by atomic mass is 32.2. The molecule has 0 aliphatic carbocycles. The van der Waals surface area contributed by atoms with Crippen molar-refractivity contribution in [3.05, 3.63) is 60.4 Å². The Hall–Kier alpha value is -2.32. The lowest BCUT2D eigenvalue weighted by Gasteiger charge is -2.17. The van der Waals surface area contributed by atoms with E-state index >= 15 is 0 Å². The molecule has 24 heavy (non-hydrogen) atoms. The third kappa shape index (κ3) is 2.90. The molecule has 0 amide bonds. The topological polar surface area (TPSA) is 55.2 Å². The number of hydrogen-bond donors (Lipinski definition) is 0. The van der Waals surface area contributed by atoms with Gasteiger partial charge in [0.2, 0.25) is 10.0 Å². The predicted octanol–water partition coefficient (Wildman–Crippen LogP) is 3.25. The summed E-state index contributed by atoms with van der Waals surface area (Å²) in [5.41, 5.74) is 0.673. The van der Waals surface area contributed by atoms with E-state index in [1.807, 2.05) is 0 Å². The second-order valence-electron chi connectivity index (χ2n) is 5.24. The molecule has 0 N–H and O–H groups in total. The van der Waals surface area contributed by atoms with Crippen molar-refractivity contribution in [1.82, 2.24) is 13.9 Å². The SMILES string of the molecule is CN(Cc1nc2ccccc2n1C(F)F)S(=O)(=O)c1ccccc1. The number of aromatic nitrogens is 2. The maximum atomic E-state index is 13.4. The van der Waals surface area contributed by atoms with E-state index in [4.69, 9.17) is 0 Å². The van der Waals surface area contributed by atoms with Crippen molar-refractivity contribution in [2.45, 2.75) is 18.0 Å². The van der Waals surface area contributed by atoms with E-state index in [0.29, 0.717) is 5.52 Å². The Bertz CT molecular complexity index is 956. The molecular weight excluding hydrogens is 336 g/mol. The molecule has 3 aromatic rings. The van der Waals surface area contributed by atoms with Crippen molar-refractivity contribution in [1.29, 1.82) is 0 Å². The van der Waals surface area contributed by atoms with Crippen molar-refractivity contribution in [2.24, 2.45) is 0 Å². The Morgan fingerprint density at radius 3 is 2.38 bits per heavy atom. The molecule has 0 bridgehead atoms. The summed E-state index contributed by atoms with van der Waals surface area (Å²) in [6.07, 6.45) is 0. The number of halogens is 2. The molecule has 126 valence electrons. The van der Waals surface area contributed by atoms with Crippen LogP contribution in [0.2, 0.25) is 0 Å². The van der Waals surface area contributed by atoms with Gasteiger partial charge in [0, 0.05) is 7.05 Å². The minimum Gasteiger partial charge on any atom is -0.269 e. The third-order valence-electron chi connectivity index (χ3n) is 3.68. The fourth-order valence-corrected chi connectivity index (χ4v) is 3.63. The summed E-state index contributed by atoms with van der Waals surface area (Å²) in [5, 5.41) is 0. The molecule has 0 aliphatic heterocycles. The lowest BCUT2D eigenvalue weighted by Crippen LogP contribution is -2.28. The monoisotopic (exact) mass is 351 g/mol. The average Bonchev–Trinajstić information content (AvgIpc) is 2.93. The van der Waals surface area contributed by atoms with Gasteiger partial charge in [0.1, 0.15) is 5.82 Å². The molecule has 0 saturated carbocycles. The van der Waals surface area contributed by atoms with Crippen LogP contribution in [0.3, 0.4) is 0 Å². The molecule has 8 heteroatoms. The first-order valence-corrected chi connectivity index (χ1v) is 8.60. The number of nitrogens with zero attached hydrogens (tertiary/aromatic N) is 3. The van der Waals surface area contributed by atoms with Gasteiger partial charge in [-0.25, -0.2) is 13.4 Å². The third-order valence-corrected chi connectivity index (χ3v) is 5.50. The van der Waals surface area contributed by atoms with Crippen LogP contribution in [0.5, 0.6) is 0 Å². The van der Waals surface area contributed by atoms with E-state index in [9.17, 15) is 17.2 Å². The zero-order valence-electron chi connectivity index (χ0n) is 12.8. The molecule has 0 fully saturated rings. The highest BCUT2D eigenvalue weighted by Crippen LogP contribution is 2.25. The van der Waals surface area contributed by atoms with Gasteiger partial charge >= 0.3 is 6.55 Å². The standard InChI is InChI=1S/C16H15F2N3O2S/c1-20(24(22,23)12-7-3-2-4-8-12)11-15-19-13-9-5-6-10-14(13)21(15)16(17)18/h2-10,16H,11H2,1H3. The van der Waals surface area contributed by atoms with Gasteiger partial charge in [0.05, 0.1) is 22.5 Å². The van der Waals surface area contributed by atoms with E-state index in [2.05, 4.69) is 4.98 Å². The number of benzene rings is 2. The molecule has 1 aromatic heterocycles. The van der Waals surface area contributed by atoms with Gasteiger partial charge in [-0.3, -0.25) is 4.57 Å². The molecule has 2 aromatic carbocycles. The van der Waals surface area contributed by atoms with Gasteiger partial charge in [0.25, 0.3) is 0 Å². The van der Waals surface area contributed by atoms with Crippen LogP contribution >= 0.6 is 0 Å². The van der Waals surface area contributed by atoms with E-state index < -0.39 is 16.6 Å². The number of hydrogen-bond acceptors (Lipinski definition) is 3. The zero-order valence-corrected chi connectivity index (χ0v) is 13.6. The van der Waals surface area contributed by atoms with E-state index in [1.165, 1.54) is 25.2 Å². The van der Waals surface area contributed by atoms with Gasteiger partial charge in [0.15, 0.2) is 0 Å². The Balaban J connectivity index is 1.99. The van der Waals surface area contributed by atoms with Crippen LogP contribution in [0.1, 0.15) is 12.4 Å².